The number of aromatic nitrogens is 7. The van der Waals surface area contributed by atoms with Gasteiger partial charge in [0.25, 0.3) is 0 Å². The molecule has 1 aliphatic rings. The van der Waals surface area contributed by atoms with Crippen molar-refractivity contribution in [3.05, 3.63) is 73.2 Å². The number of aromatic amines is 2. The van der Waals surface area contributed by atoms with Crippen LogP contribution < -0.4 is 5.32 Å². The van der Waals surface area contributed by atoms with Gasteiger partial charge in [-0.2, -0.15) is 5.10 Å². The Bertz CT molecular complexity index is 1840. The van der Waals surface area contributed by atoms with Gasteiger partial charge in [0.05, 0.1) is 40.8 Å². The molecule has 1 fully saturated rings. The van der Waals surface area contributed by atoms with E-state index in [0.29, 0.717) is 12.3 Å². The lowest BCUT2D eigenvalue weighted by atomic mass is 9.87. The first-order chi connectivity index (χ1) is 19.6. The zero-order chi connectivity index (χ0) is 27.1. The molecule has 200 valence electrons. The quantitative estimate of drug-likeness (QED) is 0.225. The fourth-order valence-electron chi connectivity index (χ4n) is 5.85. The van der Waals surface area contributed by atoms with Crippen molar-refractivity contribution in [3.63, 3.8) is 0 Å². The average Bonchev–Trinajstić information content (AvgIpc) is 3.71. The lowest BCUT2D eigenvalue weighted by Crippen LogP contribution is -2.18. The van der Waals surface area contributed by atoms with Gasteiger partial charge in [-0.25, -0.2) is 9.97 Å². The molecule has 1 aromatic carbocycles. The highest BCUT2D eigenvalue weighted by atomic mass is 16.1. The van der Waals surface area contributed by atoms with Crippen molar-refractivity contribution in [2.45, 2.75) is 45.4 Å². The van der Waals surface area contributed by atoms with Crippen molar-refractivity contribution in [3.8, 4) is 28.2 Å². The Morgan fingerprint density at radius 3 is 2.77 bits per heavy atom. The summed E-state index contributed by atoms with van der Waals surface area (Å²) in [5, 5.41) is 12.8. The van der Waals surface area contributed by atoms with E-state index in [4.69, 9.17) is 0 Å². The van der Waals surface area contributed by atoms with Crippen LogP contribution in [0.1, 0.15) is 44.2 Å². The number of H-pyrrole nitrogens is 2. The van der Waals surface area contributed by atoms with Crippen molar-refractivity contribution in [1.82, 2.24) is 34.7 Å². The van der Waals surface area contributed by atoms with E-state index in [0.717, 1.165) is 74.4 Å². The predicted octanol–water partition coefficient (Wildman–Crippen LogP) is 6.57. The molecule has 7 rings (SSSR count). The maximum atomic E-state index is 12.7. The molecule has 0 bridgehead atoms. The average molecular weight is 531 g/mol. The fourth-order valence-corrected chi connectivity index (χ4v) is 5.85. The van der Waals surface area contributed by atoms with Gasteiger partial charge in [0.15, 0.2) is 0 Å². The van der Waals surface area contributed by atoms with Crippen LogP contribution in [0, 0.1) is 12.8 Å². The Morgan fingerprint density at radius 2 is 1.93 bits per heavy atom. The number of pyridine rings is 2. The molecule has 0 aliphatic heterocycles. The highest BCUT2D eigenvalue weighted by molar-refractivity contribution is 5.99. The zero-order valence-corrected chi connectivity index (χ0v) is 22.3. The number of fused-ring (bicyclic) bond motifs is 2. The molecule has 1 aliphatic carbocycles. The minimum absolute atomic E-state index is 0.0658. The van der Waals surface area contributed by atoms with Crippen LogP contribution in [-0.2, 0) is 4.79 Å². The number of hydrogen-bond acceptors (Lipinski definition) is 5. The van der Waals surface area contributed by atoms with Crippen molar-refractivity contribution >= 4 is 33.5 Å². The molecule has 0 radical (unpaired) electrons. The van der Waals surface area contributed by atoms with E-state index in [-0.39, 0.29) is 5.91 Å². The van der Waals surface area contributed by atoms with E-state index in [2.05, 4.69) is 47.6 Å². The molecule has 0 unspecified atom stereocenters. The van der Waals surface area contributed by atoms with E-state index < -0.39 is 0 Å². The molecule has 9 heteroatoms. The topological polar surface area (TPSA) is 117 Å². The van der Waals surface area contributed by atoms with Crippen LogP contribution in [0.2, 0.25) is 0 Å². The lowest BCUT2D eigenvalue weighted by Gasteiger charge is -2.20. The molecule has 40 heavy (non-hydrogen) atoms. The molecule has 1 amide bonds. The van der Waals surface area contributed by atoms with Crippen LogP contribution in [-0.4, -0.2) is 40.6 Å². The summed E-state index contributed by atoms with van der Waals surface area (Å²) in [6.07, 6.45) is 15.8. The van der Waals surface area contributed by atoms with Crippen LogP contribution in [0.15, 0.2) is 67.5 Å². The second kappa shape index (κ2) is 10.1. The molecule has 0 atom stereocenters. The largest absolute Gasteiger partial charge is 0.338 e. The second-order valence-electron chi connectivity index (χ2n) is 10.7. The van der Waals surface area contributed by atoms with Gasteiger partial charge >= 0.3 is 0 Å². The van der Waals surface area contributed by atoms with Crippen molar-refractivity contribution in [2.75, 3.05) is 5.32 Å². The van der Waals surface area contributed by atoms with Gasteiger partial charge in [0, 0.05) is 41.3 Å². The van der Waals surface area contributed by atoms with E-state index >= 15 is 0 Å². The number of benzene rings is 1. The molecule has 9 nitrogen and oxygen atoms in total. The third kappa shape index (κ3) is 4.64. The van der Waals surface area contributed by atoms with Crippen LogP contribution in [0.5, 0.6) is 0 Å². The van der Waals surface area contributed by atoms with Crippen molar-refractivity contribution in [2.24, 2.45) is 5.92 Å². The minimum atomic E-state index is 0.0658. The summed E-state index contributed by atoms with van der Waals surface area (Å²) in [6.45, 7) is 1.97. The first kappa shape index (κ1) is 24.3. The highest BCUT2D eigenvalue weighted by Crippen LogP contribution is 2.33. The summed E-state index contributed by atoms with van der Waals surface area (Å²) in [5.74, 6) is 0.558. The summed E-state index contributed by atoms with van der Waals surface area (Å²) in [5.41, 5.74) is 8.00. The van der Waals surface area contributed by atoms with E-state index in [1.165, 1.54) is 19.3 Å². The van der Waals surface area contributed by atoms with Crippen LogP contribution in [0.4, 0.5) is 5.69 Å². The van der Waals surface area contributed by atoms with Gasteiger partial charge in [0.2, 0.25) is 5.91 Å². The number of nitrogens with zero attached hydrogens (tertiary/aromatic N) is 5. The number of hydrogen-bond donors (Lipinski definition) is 3. The van der Waals surface area contributed by atoms with Gasteiger partial charge in [-0.05, 0) is 61.6 Å². The number of nitrogens with one attached hydrogen (secondary N) is 3. The van der Waals surface area contributed by atoms with Crippen LogP contribution in [0.25, 0.3) is 50.1 Å². The Morgan fingerprint density at radius 1 is 1.02 bits per heavy atom. The Hall–Kier alpha value is -4.79. The van der Waals surface area contributed by atoms with Crippen molar-refractivity contribution < 1.29 is 4.79 Å². The number of carbonyl (C=O) groups excluding carboxylic acids is 1. The van der Waals surface area contributed by atoms with Crippen LogP contribution >= 0.6 is 0 Å². The molecular formula is C31H30N8O. The summed E-state index contributed by atoms with van der Waals surface area (Å²) in [7, 11) is 0. The minimum Gasteiger partial charge on any atom is -0.338 e. The van der Waals surface area contributed by atoms with Gasteiger partial charge in [-0.1, -0.05) is 25.3 Å². The van der Waals surface area contributed by atoms with E-state index in [1.54, 1.807) is 12.4 Å². The number of anilines is 1. The van der Waals surface area contributed by atoms with E-state index in [9.17, 15) is 4.79 Å². The molecule has 0 spiro atoms. The van der Waals surface area contributed by atoms with Crippen LogP contribution in [0.3, 0.4) is 0 Å². The summed E-state index contributed by atoms with van der Waals surface area (Å²) >= 11 is 0. The maximum absolute atomic E-state index is 12.7. The molecule has 6 aromatic rings. The zero-order valence-electron chi connectivity index (χ0n) is 22.3. The predicted molar refractivity (Wildman–Crippen MR) is 156 cm³/mol. The van der Waals surface area contributed by atoms with E-state index in [1.807, 2.05) is 54.5 Å². The van der Waals surface area contributed by atoms with Gasteiger partial charge in [-0.15, -0.1) is 0 Å². The summed E-state index contributed by atoms with van der Waals surface area (Å²) in [4.78, 5) is 29.5. The SMILES string of the molecule is Cc1cn(-c2ccnc3[nH]c(-c4n[nH]c5ccc(-c6cncc(NC(=O)CC7CCCCC7)c6)cc45)cc23)cn1. The molecule has 5 aromatic heterocycles. The maximum Gasteiger partial charge on any atom is 0.224 e. The molecule has 0 saturated heterocycles. The molecule has 1 saturated carbocycles. The van der Waals surface area contributed by atoms with Gasteiger partial charge in [-0.3, -0.25) is 14.9 Å². The molecular weight excluding hydrogens is 500 g/mol. The normalized spacial score (nSPS) is 14.2. The number of rotatable bonds is 6. The Kier molecular flexibility index (Phi) is 6.11. The standard InChI is InChI=1S/C31H30N8O/c1-19-17-39(18-34-19)28-9-10-33-31-25(28)14-27(36-31)30-24-13-21(7-8-26(24)37-38-30)22-12-23(16-32-15-22)35-29(40)11-20-5-3-2-4-6-20/h7-10,12-18,20H,2-6,11H2,1H3,(H,33,36)(H,35,40)(H,37,38). The number of aryl methyl sites for hydroxylation is 1. The monoisotopic (exact) mass is 530 g/mol. The number of imidazole rings is 1. The first-order valence-corrected chi connectivity index (χ1v) is 13.8. The first-order valence-electron chi connectivity index (χ1n) is 13.8. The third-order valence-electron chi connectivity index (χ3n) is 7.87. The molecule has 5 heterocycles. The van der Waals surface area contributed by atoms with Gasteiger partial charge in [0.1, 0.15) is 11.3 Å². The summed E-state index contributed by atoms with van der Waals surface area (Å²) < 4.78 is 2.01. The number of amides is 1. The molecule has 3 N–H and O–H groups in total. The number of carbonyl (C=O) groups is 1. The summed E-state index contributed by atoms with van der Waals surface area (Å²) in [6, 6.07) is 12.2. The third-order valence-corrected chi connectivity index (χ3v) is 7.87. The Balaban J connectivity index is 1.19. The highest BCUT2D eigenvalue weighted by Gasteiger charge is 2.18. The lowest BCUT2D eigenvalue weighted by molar-refractivity contribution is -0.117. The Labute approximate surface area is 231 Å². The second-order valence-corrected chi connectivity index (χ2v) is 10.7. The smallest absolute Gasteiger partial charge is 0.224 e. The van der Waals surface area contributed by atoms with Gasteiger partial charge < -0.3 is 14.9 Å². The van der Waals surface area contributed by atoms with Crippen molar-refractivity contribution in [1.29, 1.82) is 0 Å². The fraction of sp³-hybridized carbons (Fsp3) is 0.258.